The molecule has 2 nitrogen and oxygen atoms in total. The van der Waals surface area contributed by atoms with E-state index in [-0.39, 0.29) is 5.60 Å². The lowest BCUT2D eigenvalue weighted by molar-refractivity contribution is 0.128. The van der Waals surface area contributed by atoms with Crippen LogP contribution in [0.2, 0.25) is 0 Å². The lowest BCUT2D eigenvalue weighted by Crippen LogP contribution is -2.34. The zero-order valence-corrected chi connectivity index (χ0v) is 14.5. The molecule has 2 heteroatoms. The first-order chi connectivity index (χ1) is 11.2. The Morgan fingerprint density at radius 1 is 1.13 bits per heavy atom. The number of hydrogen-bond acceptors (Lipinski definition) is 2. The maximum absolute atomic E-state index is 5.85. The van der Waals surface area contributed by atoms with Crippen LogP contribution in [-0.2, 0) is 16.9 Å². The monoisotopic (exact) mass is 311 g/mol. The number of ether oxygens (including phenoxy) is 1. The first kappa shape index (κ1) is 15.3. The summed E-state index contributed by atoms with van der Waals surface area (Å²) in [5.41, 5.74) is 2.78. The van der Waals surface area contributed by atoms with Crippen molar-refractivity contribution < 1.29 is 4.74 Å². The van der Waals surface area contributed by atoms with Crippen LogP contribution in [0.1, 0.15) is 56.6 Å². The Balaban J connectivity index is 1.34. The van der Waals surface area contributed by atoms with E-state index in [1.54, 1.807) is 0 Å². The highest BCUT2D eigenvalue weighted by Crippen LogP contribution is 2.59. The van der Waals surface area contributed by atoms with Gasteiger partial charge in [-0.15, -0.1) is 0 Å². The molecule has 1 aromatic carbocycles. The summed E-state index contributed by atoms with van der Waals surface area (Å²) in [6, 6.07) is 9.94. The minimum atomic E-state index is 0.00294. The van der Waals surface area contributed by atoms with Gasteiger partial charge in [-0.3, -0.25) is 4.90 Å². The lowest BCUT2D eigenvalue weighted by Gasteiger charge is -2.34. The molecule has 2 fully saturated rings. The molecule has 0 spiro atoms. The summed E-state index contributed by atoms with van der Waals surface area (Å²) >= 11 is 0. The SMILES string of the molecule is CCC1CCC(N(C)Cc2ccc(C34CC3C=CO4)cc2)CC1. The predicted molar refractivity (Wildman–Crippen MR) is 94.0 cm³/mol. The number of rotatable bonds is 5. The molecule has 23 heavy (non-hydrogen) atoms. The van der Waals surface area contributed by atoms with Crippen molar-refractivity contribution in [2.45, 2.75) is 63.6 Å². The minimum Gasteiger partial charge on any atom is -0.490 e. The molecule has 0 amide bonds. The smallest absolute Gasteiger partial charge is 0.140 e. The maximum Gasteiger partial charge on any atom is 0.140 e. The van der Waals surface area contributed by atoms with Gasteiger partial charge < -0.3 is 4.74 Å². The van der Waals surface area contributed by atoms with Crippen LogP contribution < -0.4 is 0 Å². The maximum atomic E-state index is 5.85. The first-order valence-electron chi connectivity index (χ1n) is 9.35. The van der Waals surface area contributed by atoms with E-state index in [1.807, 2.05) is 6.26 Å². The van der Waals surface area contributed by atoms with Crippen molar-refractivity contribution in [1.82, 2.24) is 4.90 Å². The lowest BCUT2D eigenvalue weighted by atomic mass is 9.84. The van der Waals surface area contributed by atoms with Crippen LogP contribution >= 0.6 is 0 Å². The van der Waals surface area contributed by atoms with Gasteiger partial charge >= 0.3 is 0 Å². The van der Waals surface area contributed by atoms with Crippen molar-refractivity contribution in [2.75, 3.05) is 7.05 Å². The van der Waals surface area contributed by atoms with Gasteiger partial charge in [0.05, 0.1) is 6.26 Å². The van der Waals surface area contributed by atoms with Crippen molar-refractivity contribution in [1.29, 1.82) is 0 Å². The molecule has 0 bridgehead atoms. The Morgan fingerprint density at radius 3 is 2.43 bits per heavy atom. The Morgan fingerprint density at radius 2 is 1.87 bits per heavy atom. The molecule has 2 saturated carbocycles. The second kappa shape index (κ2) is 5.98. The topological polar surface area (TPSA) is 12.5 Å². The molecule has 124 valence electrons. The van der Waals surface area contributed by atoms with Crippen LogP contribution in [0.4, 0.5) is 0 Å². The zero-order valence-electron chi connectivity index (χ0n) is 14.5. The Kier molecular flexibility index (Phi) is 3.96. The largest absolute Gasteiger partial charge is 0.490 e. The Hall–Kier alpha value is -1.28. The first-order valence-corrected chi connectivity index (χ1v) is 9.35. The summed E-state index contributed by atoms with van der Waals surface area (Å²) in [5, 5.41) is 0. The molecule has 4 rings (SSSR count). The third-order valence-electron chi connectivity index (χ3n) is 6.44. The van der Waals surface area contributed by atoms with Crippen molar-refractivity contribution in [3.63, 3.8) is 0 Å². The molecule has 1 aromatic rings. The fourth-order valence-corrected chi connectivity index (χ4v) is 4.59. The molecular formula is C21H29NO. The van der Waals surface area contributed by atoms with Crippen molar-refractivity contribution in [3.8, 4) is 0 Å². The van der Waals surface area contributed by atoms with E-state index in [2.05, 4.69) is 49.2 Å². The zero-order chi connectivity index (χ0) is 15.9. The molecule has 2 atom stereocenters. The van der Waals surface area contributed by atoms with Crippen LogP contribution in [0.25, 0.3) is 0 Å². The summed E-state index contributed by atoms with van der Waals surface area (Å²) in [6.07, 6.45) is 12.2. The van der Waals surface area contributed by atoms with Crippen LogP contribution in [-0.4, -0.2) is 18.0 Å². The summed E-state index contributed by atoms with van der Waals surface area (Å²) in [5.74, 6) is 1.59. The van der Waals surface area contributed by atoms with Gasteiger partial charge in [0.15, 0.2) is 0 Å². The molecule has 0 aromatic heterocycles. The van der Waals surface area contributed by atoms with E-state index in [1.165, 1.54) is 43.2 Å². The van der Waals surface area contributed by atoms with Gasteiger partial charge in [-0.05, 0) is 55.9 Å². The van der Waals surface area contributed by atoms with E-state index < -0.39 is 0 Å². The number of hydrogen-bond donors (Lipinski definition) is 0. The van der Waals surface area contributed by atoms with Gasteiger partial charge in [0.1, 0.15) is 5.60 Å². The molecule has 3 aliphatic rings. The Labute approximate surface area is 140 Å². The van der Waals surface area contributed by atoms with E-state index in [0.717, 1.165) is 24.9 Å². The van der Waals surface area contributed by atoms with Gasteiger partial charge in [-0.25, -0.2) is 0 Å². The molecule has 1 heterocycles. The molecule has 0 saturated heterocycles. The molecule has 1 aliphatic heterocycles. The number of fused-ring (bicyclic) bond motifs is 1. The summed E-state index contributed by atoms with van der Waals surface area (Å²) in [7, 11) is 2.30. The normalized spacial score (nSPS) is 35.2. The van der Waals surface area contributed by atoms with Crippen molar-refractivity contribution >= 4 is 0 Å². The highest BCUT2D eigenvalue weighted by Gasteiger charge is 2.58. The summed E-state index contributed by atoms with van der Waals surface area (Å²) < 4.78 is 5.85. The van der Waals surface area contributed by atoms with Crippen LogP contribution in [0.15, 0.2) is 36.6 Å². The van der Waals surface area contributed by atoms with Crippen LogP contribution in [0.3, 0.4) is 0 Å². The number of benzene rings is 1. The highest BCUT2D eigenvalue weighted by atomic mass is 16.5. The average Bonchev–Trinajstić information content (AvgIpc) is 3.16. The van der Waals surface area contributed by atoms with Crippen molar-refractivity contribution in [3.05, 3.63) is 47.7 Å². The highest BCUT2D eigenvalue weighted by molar-refractivity contribution is 5.37. The molecule has 2 aliphatic carbocycles. The van der Waals surface area contributed by atoms with Gasteiger partial charge in [-0.2, -0.15) is 0 Å². The van der Waals surface area contributed by atoms with E-state index in [9.17, 15) is 0 Å². The molecule has 2 unspecified atom stereocenters. The quantitative estimate of drug-likeness (QED) is 0.771. The van der Waals surface area contributed by atoms with Crippen molar-refractivity contribution in [2.24, 2.45) is 11.8 Å². The fraction of sp³-hybridized carbons (Fsp3) is 0.619. The fourth-order valence-electron chi connectivity index (χ4n) is 4.59. The minimum absolute atomic E-state index is 0.00294. The van der Waals surface area contributed by atoms with Crippen LogP contribution in [0.5, 0.6) is 0 Å². The summed E-state index contributed by atoms with van der Waals surface area (Å²) in [4.78, 5) is 2.56. The molecular weight excluding hydrogens is 282 g/mol. The standard InChI is InChI=1S/C21H29NO/c1-3-16-6-10-20(11-7-16)22(2)15-17-4-8-18(9-5-17)21-14-19(21)12-13-23-21/h4-5,8-9,12-13,16,19-20H,3,6-7,10-11,14-15H2,1-2H3. The Bertz CT molecular complexity index is 570. The average molecular weight is 311 g/mol. The van der Waals surface area contributed by atoms with Gasteiger partial charge in [0.25, 0.3) is 0 Å². The molecule has 0 radical (unpaired) electrons. The van der Waals surface area contributed by atoms with Crippen LogP contribution in [0, 0.1) is 11.8 Å². The second-order valence-corrected chi connectivity index (χ2v) is 7.84. The summed E-state index contributed by atoms with van der Waals surface area (Å²) in [6.45, 7) is 3.40. The van der Waals surface area contributed by atoms with Gasteiger partial charge in [0.2, 0.25) is 0 Å². The van der Waals surface area contributed by atoms with Gasteiger partial charge in [-0.1, -0.05) is 37.6 Å². The number of nitrogens with zero attached hydrogens (tertiary/aromatic N) is 1. The van der Waals surface area contributed by atoms with E-state index >= 15 is 0 Å². The molecule has 0 N–H and O–H groups in total. The third kappa shape index (κ3) is 2.82. The predicted octanol–water partition coefficient (Wildman–Crippen LogP) is 4.85. The third-order valence-corrected chi connectivity index (χ3v) is 6.44. The second-order valence-electron chi connectivity index (χ2n) is 7.84. The van der Waals surface area contributed by atoms with Gasteiger partial charge in [0, 0.05) is 24.9 Å². The van der Waals surface area contributed by atoms with E-state index in [4.69, 9.17) is 4.74 Å². The van der Waals surface area contributed by atoms with E-state index in [0.29, 0.717) is 5.92 Å².